The quantitative estimate of drug-likeness (QED) is 0.0275. The van der Waals surface area contributed by atoms with Crippen molar-refractivity contribution in [3.05, 3.63) is 85.6 Å². The molecule has 2 heterocycles. The molecule has 19 atom stereocenters. The number of alkyl carbamates (subject to hydrolysis) is 1. The molecule has 0 radical (unpaired) electrons. The Bertz CT molecular complexity index is 1810. The number of ether oxygens (including phenoxy) is 5. The van der Waals surface area contributed by atoms with Crippen LogP contribution in [0.1, 0.15) is 92.9 Å². The summed E-state index contributed by atoms with van der Waals surface area (Å²) < 4.78 is 28.4. The summed E-state index contributed by atoms with van der Waals surface area (Å²) >= 11 is 0. The van der Waals surface area contributed by atoms with Gasteiger partial charge in [0.1, 0.15) is 24.9 Å². The van der Waals surface area contributed by atoms with Crippen LogP contribution in [0.2, 0.25) is 0 Å². The van der Waals surface area contributed by atoms with Crippen LogP contribution in [0.5, 0.6) is 0 Å². The van der Waals surface area contributed by atoms with Gasteiger partial charge in [0, 0.05) is 37.5 Å². The highest BCUT2D eigenvalue weighted by molar-refractivity contribution is 5.72. The Labute approximate surface area is 423 Å². The molecule has 21 nitrogen and oxygen atoms in total. The highest BCUT2D eigenvalue weighted by Gasteiger charge is 2.49. The number of carbonyl (C=O) groups is 3. The summed E-state index contributed by atoms with van der Waals surface area (Å²) in [5.74, 6) is -3.71. The zero-order valence-corrected chi connectivity index (χ0v) is 42.3. The van der Waals surface area contributed by atoms with E-state index in [4.69, 9.17) is 29.4 Å². The minimum atomic E-state index is -2.30. The minimum Gasteiger partial charge on any atom is -0.462 e. The fourth-order valence-electron chi connectivity index (χ4n) is 8.29. The number of rotatable bonds is 30. The standard InChI is InChI=1S/C51H83N3O18/c1-8-11-13-15-17-19-30(4)45(62)31(5)32(6)69-42(61)26-35(56)24-34(55)21-22-38(58)39(59)25-36(57)28-51(67)29-40(60)43(53-49(52)65)41(72-51)27-37(20-18-16-14-12-9-2)71-48-47(64)44(46(63)33(7)70-48)54-50(66)68-23-10-3/h8-20,30-41,43-48,55-60,62-64,67H,3,21-29H2,1-2,4-7H3,(H,54,66)(H3,52,53,65)/b11-8+,12-9+,15-13+,16-14+,19-17+,20-18+/t30-,31-,32-,33+,34+,35+,36-,37-,38+,39+,40-,41-,43+,44-,45+,46+,47-,48-,51+/m0/s1. The lowest BCUT2D eigenvalue weighted by Gasteiger charge is -2.46. The van der Waals surface area contributed by atoms with Crippen molar-refractivity contribution in [3.8, 4) is 0 Å². The lowest BCUT2D eigenvalue weighted by molar-refractivity contribution is -0.303. The third-order valence-electron chi connectivity index (χ3n) is 12.4. The third kappa shape index (κ3) is 22.8. The van der Waals surface area contributed by atoms with Crippen LogP contribution in [0.15, 0.2) is 85.6 Å². The molecular formula is C51H83N3O18. The van der Waals surface area contributed by atoms with E-state index in [1.807, 2.05) is 57.2 Å². The number of nitrogens with one attached hydrogen (secondary N) is 2. The Morgan fingerprint density at radius 3 is 2.04 bits per heavy atom. The molecule has 0 aromatic heterocycles. The number of carbonyl (C=O) groups excluding carboxylic acids is 3. The van der Waals surface area contributed by atoms with Crippen molar-refractivity contribution >= 4 is 18.1 Å². The highest BCUT2D eigenvalue weighted by atomic mass is 16.7. The molecule has 3 amide bonds. The highest BCUT2D eigenvalue weighted by Crippen LogP contribution is 2.35. The van der Waals surface area contributed by atoms with Gasteiger partial charge in [-0.3, -0.25) is 4.79 Å². The molecule has 410 valence electrons. The molecule has 2 aliphatic rings. The van der Waals surface area contributed by atoms with E-state index in [9.17, 15) is 65.4 Å². The second-order valence-corrected chi connectivity index (χ2v) is 18.6. The van der Waals surface area contributed by atoms with Crippen LogP contribution in [0.25, 0.3) is 0 Å². The smallest absolute Gasteiger partial charge is 0.407 e. The first kappa shape index (κ1) is 63.8. The summed E-state index contributed by atoms with van der Waals surface area (Å²) in [5.41, 5.74) is 5.45. The topological polar surface area (TPSA) is 350 Å². The van der Waals surface area contributed by atoms with Crippen molar-refractivity contribution < 1.29 is 89.1 Å². The van der Waals surface area contributed by atoms with Gasteiger partial charge in [0.05, 0.1) is 79.5 Å². The lowest BCUT2D eigenvalue weighted by atomic mass is 9.87. The predicted octanol–water partition coefficient (Wildman–Crippen LogP) is 1.47. The van der Waals surface area contributed by atoms with Crippen LogP contribution in [-0.4, -0.2) is 179 Å². The SMILES string of the molecule is C=CCOC(=O)N[C@@H]1[C@H](O)[C@H](O[C@@H](/C=C/C=C/C=C/C)C[C@@H]2O[C@](O)(C[C@@H](O)C[C@@H](O)[C@H](O)CC[C@@H](O)C[C@@H](O)CC(=O)O[C@@H](C)[C@H](C)[C@H](O)[C@@H](C)/C=C/C=C/C=C/C)C[C@H](O)[C@H]2NC(N)=O)O[C@H](C)[C@H]1O. The summed E-state index contributed by atoms with van der Waals surface area (Å²) in [6, 6.07) is -3.61. The van der Waals surface area contributed by atoms with Gasteiger partial charge in [-0.05, 0) is 47.0 Å². The predicted molar refractivity (Wildman–Crippen MR) is 265 cm³/mol. The van der Waals surface area contributed by atoms with E-state index in [0.717, 1.165) is 0 Å². The van der Waals surface area contributed by atoms with Crippen molar-refractivity contribution in [1.82, 2.24) is 10.6 Å². The zero-order valence-electron chi connectivity index (χ0n) is 42.3. The molecule has 2 saturated heterocycles. The van der Waals surface area contributed by atoms with Gasteiger partial charge in [0.2, 0.25) is 0 Å². The van der Waals surface area contributed by atoms with Crippen LogP contribution in [0.3, 0.4) is 0 Å². The first-order chi connectivity index (χ1) is 33.9. The number of urea groups is 1. The first-order valence-corrected chi connectivity index (χ1v) is 24.5. The lowest BCUT2D eigenvalue weighted by Crippen LogP contribution is -2.64. The van der Waals surface area contributed by atoms with E-state index in [2.05, 4.69) is 17.2 Å². The van der Waals surface area contributed by atoms with Gasteiger partial charge in [-0.15, -0.1) is 0 Å². The Balaban J connectivity index is 2.08. The maximum atomic E-state index is 12.6. The van der Waals surface area contributed by atoms with Gasteiger partial charge < -0.3 is 91.1 Å². The molecule has 14 N–H and O–H groups in total. The number of aliphatic hydroxyl groups excluding tert-OH is 9. The minimum absolute atomic E-state index is 0.116. The molecule has 0 aromatic rings. The number of hydrogen-bond acceptors (Lipinski definition) is 18. The number of nitrogens with two attached hydrogens (primary N) is 1. The molecule has 0 aromatic carbocycles. The van der Waals surface area contributed by atoms with Crippen LogP contribution in [-0.2, 0) is 28.5 Å². The number of primary amides is 1. The number of amides is 3. The van der Waals surface area contributed by atoms with E-state index in [1.54, 1.807) is 44.2 Å². The average molecular weight is 1030 g/mol. The van der Waals surface area contributed by atoms with Gasteiger partial charge in [-0.25, -0.2) is 9.59 Å². The molecule has 21 heteroatoms. The Morgan fingerprint density at radius 2 is 1.43 bits per heavy atom. The van der Waals surface area contributed by atoms with Crippen molar-refractivity contribution in [2.24, 2.45) is 17.6 Å². The van der Waals surface area contributed by atoms with Gasteiger partial charge >= 0.3 is 18.1 Å². The molecule has 0 unspecified atom stereocenters. The van der Waals surface area contributed by atoms with Crippen molar-refractivity contribution in [3.63, 3.8) is 0 Å². The molecule has 0 saturated carbocycles. The van der Waals surface area contributed by atoms with E-state index in [-0.39, 0.29) is 38.2 Å². The third-order valence-corrected chi connectivity index (χ3v) is 12.4. The summed E-state index contributed by atoms with van der Waals surface area (Å²) in [5, 5.41) is 114. The molecule has 2 fully saturated rings. The second kappa shape index (κ2) is 32.8. The largest absolute Gasteiger partial charge is 0.462 e. The zero-order chi connectivity index (χ0) is 54.1. The molecule has 2 rings (SSSR count). The van der Waals surface area contributed by atoms with Crippen LogP contribution in [0.4, 0.5) is 9.59 Å². The van der Waals surface area contributed by atoms with Crippen molar-refractivity contribution in [2.45, 2.75) is 196 Å². The fraction of sp³-hybridized carbons (Fsp3) is 0.667. The van der Waals surface area contributed by atoms with E-state index in [0.29, 0.717) is 0 Å². The molecule has 2 aliphatic heterocycles. The summed E-state index contributed by atoms with van der Waals surface area (Å²) in [6.07, 6.45) is 0.401. The van der Waals surface area contributed by atoms with Gasteiger partial charge in [0.25, 0.3) is 0 Å². The Morgan fingerprint density at radius 1 is 0.806 bits per heavy atom. The van der Waals surface area contributed by atoms with Crippen molar-refractivity contribution in [1.29, 1.82) is 0 Å². The summed E-state index contributed by atoms with van der Waals surface area (Å²) in [4.78, 5) is 37.1. The normalized spacial score (nSPS) is 29.4. The molecular weight excluding hydrogens is 943 g/mol. The van der Waals surface area contributed by atoms with Gasteiger partial charge in [-0.2, -0.15) is 0 Å². The number of hydrogen-bond donors (Lipinski definition) is 13. The van der Waals surface area contributed by atoms with E-state index < -0.39 is 153 Å². The van der Waals surface area contributed by atoms with E-state index >= 15 is 0 Å². The molecule has 0 bridgehead atoms. The summed E-state index contributed by atoms with van der Waals surface area (Å²) in [7, 11) is 0. The molecule has 72 heavy (non-hydrogen) atoms. The van der Waals surface area contributed by atoms with Gasteiger partial charge in [0.15, 0.2) is 12.1 Å². The monoisotopic (exact) mass is 1030 g/mol. The van der Waals surface area contributed by atoms with Crippen molar-refractivity contribution in [2.75, 3.05) is 6.61 Å². The second-order valence-electron chi connectivity index (χ2n) is 18.6. The van der Waals surface area contributed by atoms with Crippen LogP contribution >= 0.6 is 0 Å². The maximum Gasteiger partial charge on any atom is 0.407 e. The number of esters is 1. The maximum absolute atomic E-state index is 12.6. The fourth-order valence-corrected chi connectivity index (χ4v) is 8.29. The Kier molecular flexibility index (Phi) is 29.0. The van der Waals surface area contributed by atoms with Crippen LogP contribution < -0.4 is 16.4 Å². The Hall–Kier alpha value is -4.33. The summed E-state index contributed by atoms with van der Waals surface area (Å²) in [6.45, 7) is 13.7. The van der Waals surface area contributed by atoms with Gasteiger partial charge in [-0.1, -0.05) is 99.4 Å². The van der Waals surface area contributed by atoms with E-state index in [1.165, 1.54) is 19.1 Å². The average Bonchev–Trinajstić information content (AvgIpc) is 3.30. The first-order valence-electron chi connectivity index (χ1n) is 24.5. The number of allylic oxidation sites excluding steroid dienone is 10. The molecule has 0 aliphatic carbocycles. The molecule has 0 spiro atoms. The number of aliphatic hydroxyl groups is 10. The van der Waals surface area contributed by atoms with Crippen LogP contribution in [0, 0.1) is 11.8 Å².